The SMILES string of the molecule is O=C(CCc1nc(-c2ccncc2)no1)NCc1ccc(N2CCCCC2)nc1. The molecule has 4 rings (SSSR count). The molecule has 1 fully saturated rings. The van der Waals surface area contributed by atoms with Gasteiger partial charge in [-0.2, -0.15) is 4.98 Å². The number of piperidine rings is 1. The van der Waals surface area contributed by atoms with Gasteiger partial charge in [0.05, 0.1) is 0 Å². The van der Waals surface area contributed by atoms with Crippen molar-refractivity contribution in [2.75, 3.05) is 18.0 Å². The Kier molecular flexibility index (Phi) is 6.09. The Balaban J connectivity index is 1.22. The summed E-state index contributed by atoms with van der Waals surface area (Å²) in [7, 11) is 0. The van der Waals surface area contributed by atoms with Crippen molar-refractivity contribution in [2.24, 2.45) is 0 Å². The van der Waals surface area contributed by atoms with E-state index in [0.29, 0.717) is 24.7 Å². The van der Waals surface area contributed by atoms with E-state index in [-0.39, 0.29) is 12.3 Å². The highest BCUT2D eigenvalue weighted by Gasteiger charge is 2.13. The van der Waals surface area contributed by atoms with Gasteiger partial charge in [0.25, 0.3) is 0 Å². The Bertz CT molecular complexity index is 920. The molecule has 150 valence electrons. The minimum Gasteiger partial charge on any atom is -0.357 e. The van der Waals surface area contributed by atoms with Crippen LogP contribution in [-0.2, 0) is 17.8 Å². The summed E-state index contributed by atoms with van der Waals surface area (Å²) < 4.78 is 5.23. The minimum atomic E-state index is -0.0613. The van der Waals surface area contributed by atoms with E-state index < -0.39 is 0 Å². The number of aromatic nitrogens is 4. The van der Waals surface area contributed by atoms with E-state index in [4.69, 9.17) is 4.52 Å². The predicted octanol–water partition coefficient (Wildman–Crippen LogP) is 2.77. The van der Waals surface area contributed by atoms with Gasteiger partial charge in [-0.1, -0.05) is 11.2 Å². The minimum absolute atomic E-state index is 0.0613. The van der Waals surface area contributed by atoms with Gasteiger partial charge in [-0.15, -0.1) is 0 Å². The van der Waals surface area contributed by atoms with Crippen LogP contribution in [0.5, 0.6) is 0 Å². The van der Waals surface area contributed by atoms with Crippen molar-refractivity contribution in [3.8, 4) is 11.4 Å². The fourth-order valence-corrected chi connectivity index (χ4v) is 3.32. The van der Waals surface area contributed by atoms with Crippen molar-refractivity contribution >= 4 is 11.7 Å². The fraction of sp³-hybridized carbons (Fsp3) is 0.381. The van der Waals surface area contributed by atoms with Gasteiger partial charge in [-0.3, -0.25) is 9.78 Å². The second-order valence-corrected chi connectivity index (χ2v) is 7.10. The largest absolute Gasteiger partial charge is 0.357 e. The van der Waals surface area contributed by atoms with Crippen LogP contribution in [-0.4, -0.2) is 39.1 Å². The third kappa shape index (κ3) is 5.16. The van der Waals surface area contributed by atoms with Crippen LogP contribution in [0.3, 0.4) is 0 Å². The van der Waals surface area contributed by atoms with Gasteiger partial charge in [0, 0.05) is 56.6 Å². The normalized spacial score (nSPS) is 14.0. The van der Waals surface area contributed by atoms with Crippen molar-refractivity contribution in [3.63, 3.8) is 0 Å². The maximum Gasteiger partial charge on any atom is 0.227 e. The number of hydrogen-bond donors (Lipinski definition) is 1. The third-order valence-electron chi connectivity index (χ3n) is 4.95. The summed E-state index contributed by atoms with van der Waals surface area (Å²) in [6.07, 6.45) is 9.62. The summed E-state index contributed by atoms with van der Waals surface area (Å²) in [6, 6.07) is 7.68. The molecule has 0 aromatic carbocycles. The first-order chi connectivity index (χ1) is 14.3. The standard InChI is InChI=1S/C21H24N6O2/c28-19(6-7-20-25-21(26-29-20)17-8-10-22-11-9-17)24-15-16-4-5-18(23-14-16)27-12-2-1-3-13-27/h4-5,8-11,14H,1-3,6-7,12-13,15H2,(H,24,28). The molecule has 3 aromatic heterocycles. The zero-order valence-electron chi connectivity index (χ0n) is 16.3. The Labute approximate surface area is 169 Å². The number of aryl methyl sites for hydroxylation is 1. The number of nitrogens with zero attached hydrogens (tertiary/aromatic N) is 5. The summed E-state index contributed by atoms with van der Waals surface area (Å²) in [6.45, 7) is 2.60. The molecular formula is C21H24N6O2. The summed E-state index contributed by atoms with van der Waals surface area (Å²) >= 11 is 0. The van der Waals surface area contributed by atoms with E-state index in [1.165, 1.54) is 19.3 Å². The quantitative estimate of drug-likeness (QED) is 0.660. The molecule has 0 spiro atoms. The molecule has 0 bridgehead atoms. The first-order valence-electron chi connectivity index (χ1n) is 9.97. The number of carbonyl (C=O) groups is 1. The zero-order chi connectivity index (χ0) is 19.9. The summed E-state index contributed by atoms with van der Waals surface area (Å²) in [5.41, 5.74) is 1.82. The molecule has 1 aliphatic rings. The predicted molar refractivity (Wildman–Crippen MR) is 108 cm³/mol. The lowest BCUT2D eigenvalue weighted by atomic mass is 10.1. The van der Waals surface area contributed by atoms with Crippen LogP contribution < -0.4 is 10.2 Å². The van der Waals surface area contributed by atoms with Gasteiger partial charge in [0.2, 0.25) is 17.6 Å². The van der Waals surface area contributed by atoms with Crippen LogP contribution in [0.15, 0.2) is 47.4 Å². The Morgan fingerprint density at radius 1 is 1.10 bits per heavy atom. The van der Waals surface area contributed by atoms with Crippen LogP contribution in [0.4, 0.5) is 5.82 Å². The number of rotatable bonds is 7. The van der Waals surface area contributed by atoms with E-state index in [9.17, 15) is 4.79 Å². The molecule has 1 saturated heterocycles. The molecule has 3 aromatic rings. The van der Waals surface area contributed by atoms with Crippen LogP contribution in [0.25, 0.3) is 11.4 Å². The number of pyridine rings is 2. The van der Waals surface area contributed by atoms with E-state index in [0.717, 1.165) is 30.0 Å². The van der Waals surface area contributed by atoms with Gasteiger partial charge >= 0.3 is 0 Å². The Morgan fingerprint density at radius 3 is 2.69 bits per heavy atom. The highest BCUT2D eigenvalue weighted by Crippen LogP contribution is 2.17. The summed E-state index contributed by atoms with van der Waals surface area (Å²) in [5, 5.41) is 6.86. The van der Waals surface area contributed by atoms with Crippen molar-refractivity contribution in [1.82, 2.24) is 25.4 Å². The zero-order valence-corrected chi connectivity index (χ0v) is 16.3. The number of nitrogens with one attached hydrogen (secondary N) is 1. The van der Waals surface area contributed by atoms with Crippen molar-refractivity contribution in [3.05, 3.63) is 54.3 Å². The second kappa shape index (κ2) is 9.27. The average Bonchev–Trinajstić information content (AvgIpc) is 3.27. The molecule has 1 aliphatic heterocycles. The average molecular weight is 392 g/mol. The van der Waals surface area contributed by atoms with Gasteiger partial charge in [-0.25, -0.2) is 4.98 Å². The monoisotopic (exact) mass is 392 g/mol. The van der Waals surface area contributed by atoms with Crippen LogP contribution >= 0.6 is 0 Å². The molecule has 0 radical (unpaired) electrons. The molecule has 0 saturated carbocycles. The van der Waals surface area contributed by atoms with E-state index in [1.807, 2.05) is 30.5 Å². The molecule has 1 amide bonds. The van der Waals surface area contributed by atoms with Gasteiger partial charge in [0.15, 0.2) is 0 Å². The van der Waals surface area contributed by atoms with Gasteiger partial charge < -0.3 is 14.7 Å². The van der Waals surface area contributed by atoms with Crippen LogP contribution in [0.2, 0.25) is 0 Å². The lowest BCUT2D eigenvalue weighted by Gasteiger charge is -2.27. The summed E-state index contributed by atoms with van der Waals surface area (Å²) in [4.78, 5) is 27.3. The molecule has 29 heavy (non-hydrogen) atoms. The van der Waals surface area contributed by atoms with E-state index >= 15 is 0 Å². The Hall–Kier alpha value is -3.29. The number of carbonyl (C=O) groups excluding carboxylic acids is 1. The molecule has 0 atom stereocenters. The Morgan fingerprint density at radius 2 is 1.93 bits per heavy atom. The van der Waals surface area contributed by atoms with Crippen molar-refractivity contribution < 1.29 is 9.32 Å². The number of anilines is 1. The highest BCUT2D eigenvalue weighted by atomic mass is 16.5. The molecule has 8 nitrogen and oxygen atoms in total. The molecule has 1 N–H and O–H groups in total. The fourth-order valence-electron chi connectivity index (χ4n) is 3.32. The van der Waals surface area contributed by atoms with E-state index in [2.05, 4.69) is 30.3 Å². The number of hydrogen-bond acceptors (Lipinski definition) is 7. The molecular weight excluding hydrogens is 368 g/mol. The lowest BCUT2D eigenvalue weighted by molar-refractivity contribution is -0.121. The third-order valence-corrected chi connectivity index (χ3v) is 4.95. The maximum atomic E-state index is 12.1. The molecule has 0 aliphatic carbocycles. The maximum absolute atomic E-state index is 12.1. The van der Waals surface area contributed by atoms with Crippen LogP contribution in [0, 0.1) is 0 Å². The molecule has 8 heteroatoms. The van der Waals surface area contributed by atoms with Crippen molar-refractivity contribution in [1.29, 1.82) is 0 Å². The van der Waals surface area contributed by atoms with Gasteiger partial charge in [0.1, 0.15) is 5.82 Å². The lowest BCUT2D eigenvalue weighted by Crippen LogP contribution is -2.30. The topological polar surface area (TPSA) is 97.0 Å². The van der Waals surface area contributed by atoms with Crippen LogP contribution in [0.1, 0.15) is 37.1 Å². The first kappa shape index (κ1) is 19.0. The summed E-state index contributed by atoms with van der Waals surface area (Å²) in [5.74, 6) is 1.90. The highest BCUT2D eigenvalue weighted by molar-refractivity contribution is 5.76. The second-order valence-electron chi connectivity index (χ2n) is 7.10. The smallest absolute Gasteiger partial charge is 0.227 e. The van der Waals surface area contributed by atoms with E-state index in [1.54, 1.807) is 12.4 Å². The van der Waals surface area contributed by atoms with Gasteiger partial charge in [-0.05, 0) is 43.0 Å². The molecule has 0 unspecified atom stereocenters. The van der Waals surface area contributed by atoms with Crippen molar-refractivity contribution in [2.45, 2.75) is 38.6 Å². The molecule has 4 heterocycles. The first-order valence-corrected chi connectivity index (χ1v) is 9.97. The number of amides is 1.